The summed E-state index contributed by atoms with van der Waals surface area (Å²) >= 11 is 0. The van der Waals surface area contributed by atoms with Gasteiger partial charge in [0.2, 0.25) is 0 Å². The van der Waals surface area contributed by atoms with Gasteiger partial charge in [-0.25, -0.2) is 0 Å². The van der Waals surface area contributed by atoms with E-state index in [0.717, 1.165) is 31.6 Å². The summed E-state index contributed by atoms with van der Waals surface area (Å²) in [6, 6.07) is 10.5. The fourth-order valence-electron chi connectivity index (χ4n) is 2.92. The molecule has 1 aromatic heterocycles. The molecule has 1 fully saturated rings. The normalized spacial score (nSPS) is 18.5. The summed E-state index contributed by atoms with van der Waals surface area (Å²) in [5.74, 6) is 0. The Kier molecular flexibility index (Phi) is 2.78. The van der Waals surface area contributed by atoms with Crippen LogP contribution in [0.25, 0.3) is 10.9 Å². The first-order valence-corrected chi connectivity index (χ1v) is 7.12. The molecule has 2 aromatic rings. The largest absolute Gasteiger partial charge is 0.343 e. The highest BCUT2D eigenvalue weighted by Gasteiger charge is 2.17. The van der Waals surface area contributed by atoms with Gasteiger partial charge in [0.1, 0.15) is 0 Å². The summed E-state index contributed by atoms with van der Waals surface area (Å²) in [6.07, 6.45) is 7.71. The number of rotatable bonds is 1. The fourth-order valence-corrected chi connectivity index (χ4v) is 2.92. The number of pyridine rings is 1. The SMILES string of the molecule is C1=C2CCNCC2=CCN1c1cnc2ccccc2c1. The monoisotopic (exact) mass is 263 g/mol. The Morgan fingerprint density at radius 3 is 3.10 bits per heavy atom. The number of hydrogen-bond acceptors (Lipinski definition) is 3. The minimum atomic E-state index is 0.931. The number of aromatic nitrogens is 1. The van der Waals surface area contributed by atoms with Gasteiger partial charge in [-0.05, 0) is 36.2 Å². The van der Waals surface area contributed by atoms with Crippen molar-refractivity contribution in [2.75, 3.05) is 24.5 Å². The van der Waals surface area contributed by atoms with Gasteiger partial charge in [-0.15, -0.1) is 0 Å². The number of piperidine rings is 1. The third kappa shape index (κ3) is 2.00. The predicted octanol–water partition coefficient (Wildman–Crippen LogP) is 2.86. The summed E-state index contributed by atoms with van der Waals surface area (Å²) in [5.41, 5.74) is 5.15. The van der Waals surface area contributed by atoms with Crippen molar-refractivity contribution in [1.82, 2.24) is 10.3 Å². The van der Waals surface area contributed by atoms with Gasteiger partial charge in [-0.1, -0.05) is 24.3 Å². The van der Waals surface area contributed by atoms with Gasteiger partial charge in [0.25, 0.3) is 0 Å². The van der Waals surface area contributed by atoms with Gasteiger partial charge < -0.3 is 10.2 Å². The van der Waals surface area contributed by atoms with E-state index in [1.807, 2.05) is 12.3 Å². The van der Waals surface area contributed by atoms with E-state index >= 15 is 0 Å². The smallest absolute Gasteiger partial charge is 0.0703 e. The van der Waals surface area contributed by atoms with Crippen molar-refractivity contribution in [1.29, 1.82) is 0 Å². The molecule has 0 atom stereocenters. The quantitative estimate of drug-likeness (QED) is 0.857. The second-order valence-electron chi connectivity index (χ2n) is 5.35. The minimum Gasteiger partial charge on any atom is -0.343 e. The molecule has 1 N–H and O–H groups in total. The van der Waals surface area contributed by atoms with Gasteiger partial charge in [0.05, 0.1) is 17.4 Å². The highest BCUT2D eigenvalue weighted by atomic mass is 15.1. The summed E-state index contributed by atoms with van der Waals surface area (Å²) in [5, 5.41) is 4.62. The first-order valence-electron chi connectivity index (χ1n) is 7.12. The fraction of sp³-hybridized carbons (Fsp3) is 0.235. The van der Waals surface area contributed by atoms with Crippen molar-refractivity contribution in [2.45, 2.75) is 6.42 Å². The standard InChI is InChI=1S/C17H17N3/c1-2-4-17-13(3-1)9-16(11-19-17)20-8-6-14-10-18-7-5-15(14)12-20/h1-4,6,9,11-12,18H,5,7-8,10H2. The van der Waals surface area contributed by atoms with Gasteiger partial charge >= 0.3 is 0 Å². The van der Waals surface area contributed by atoms with Crippen LogP contribution in [0.1, 0.15) is 6.42 Å². The molecule has 0 saturated carbocycles. The Morgan fingerprint density at radius 2 is 2.10 bits per heavy atom. The minimum absolute atomic E-state index is 0.931. The van der Waals surface area contributed by atoms with E-state index in [4.69, 9.17) is 0 Å². The lowest BCUT2D eigenvalue weighted by Gasteiger charge is -2.29. The van der Waals surface area contributed by atoms with Crippen LogP contribution in [0.15, 0.2) is 60.0 Å². The van der Waals surface area contributed by atoms with Crippen LogP contribution < -0.4 is 10.2 Å². The Labute approximate surface area is 118 Å². The third-order valence-electron chi connectivity index (χ3n) is 4.05. The van der Waals surface area contributed by atoms with Crippen LogP contribution in [0.3, 0.4) is 0 Å². The lowest BCUT2D eigenvalue weighted by molar-refractivity contribution is 0.673. The maximum absolute atomic E-state index is 4.56. The molecule has 4 rings (SSSR count). The molecule has 1 aromatic carbocycles. The summed E-state index contributed by atoms with van der Waals surface area (Å²) in [6.45, 7) is 3.02. The highest BCUT2D eigenvalue weighted by Crippen LogP contribution is 2.27. The lowest BCUT2D eigenvalue weighted by atomic mass is 9.97. The zero-order valence-corrected chi connectivity index (χ0v) is 11.3. The molecule has 20 heavy (non-hydrogen) atoms. The van der Waals surface area contributed by atoms with E-state index in [1.165, 1.54) is 22.2 Å². The Hall–Kier alpha value is -2.13. The molecule has 0 spiro atoms. The number of nitrogens with one attached hydrogen (secondary N) is 1. The average Bonchev–Trinajstić information content (AvgIpc) is 2.54. The third-order valence-corrected chi connectivity index (χ3v) is 4.05. The molecule has 100 valence electrons. The number of anilines is 1. The van der Waals surface area contributed by atoms with Crippen molar-refractivity contribution in [3.05, 3.63) is 60.0 Å². The second kappa shape index (κ2) is 4.76. The maximum Gasteiger partial charge on any atom is 0.0703 e. The Balaban J connectivity index is 1.70. The topological polar surface area (TPSA) is 28.2 Å². The molecule has 0 bridgehead atoms. The lowest BCUT2D eigenvalue weighted by Crippen LogP contribution is -2.31. The second-order valence-corrected chi connectivity index (χ2v) is 5.35. The van der Waals surface area contributed by atoms with Crippen LogP contribution in [0.5, 0.6) is 0 Å². The number of benzene rings is 1. The van der Waals surface area contributed by atoms with Crippen molar-refractivity contribution in [3.63, 3.8) is 0 Å². The van der Waals surface area contributed by atoms with Crippen LogP contribution in [-0.4, -0.2) is 24.6 Å². The molecule has 0 unspecified atom stereocenters. The molecule has 0 amide bonds. The molecule has 3 heterocycles. The van der Waals surface area contributed by atoms with Crippen LogP contribution in [0, 0.1) is 0 Å². The van der Waals surface area contributed by atoms with Gasteiger partial charge in [-0.3, -0.25) is 4.98 Å². The van der Waals surface area contributed by atoms with Gasteiger partial charge in [0.15, 0.2) is 0 Å². The first-order chi connectivity index (χ1) is 9.90. The molecular formula is C17H17N3. The summed E-state index contributed by atoms with van der Waals surface area (Å²) < 4.78 is 0. The van der Waals surface area contributed by atoms with Crippen LogP contribution >= 0.6 is 0 Å². The van der Waals surface area contributed by atoms with E-state index in [1.54, 1.807) is 0 Å². The molecule has 3 nitrogen and oxygen atoms in total. The molecule has 3 heteroatoms. The number of para-hydroxylation sites is 1. The molecule has 0 radical (unpaired) electrons. The molecule has 1 saturated heterocycles. The van der Waals surface area contributed by atoms with Crippen LogP contribution in [-0.2, 0) is 0 Å². The summed E-state index contributed by atoms with van der Waals surface area (Å²) in [4.78, 5) is 6.85. The van der Waals surface area contributed by atoms with Gasteiger partial charge in [-0.2, -0.15) is 0 Å². The summed E-state index contributed by atoms with van der Waals surface area (Å²) in [7, 11) is 0. The average molecular weight is 263 g/mol. The van der Waals surface area contributed by atoms with E-state index in [0.29, 0.717) is 0 Å². The van der Waals surface area contributed by atoms with E-state index in [2.05, 4.69) is 51.7 Å². The van der Waals surface area contributed by atoms with E-state index in [9.17, 15) is 0 Å². The predicted molar refractivity (Wildman–Crippen MR) is 82.7 cm³/mol. The van der Waals surface area contributed by atoms with E-state index < -0.39 is 0 Å². The zero-order valence-electron chi connectivity index (χ0n) is 11.3. The van der Waals surface area contributed by atoms with Crippen molar-refractivity contribution in [3.8, 4) is 0 Å². The number of fused-ring (bicyclic) bond motifs is 2. The highest BCUT2D eigenvalue weighted by molar-refractivity contribution is 5.82. The number of hydrogen-bond donors (Lipinski definition) is 1. The van der Waals surface area contributed by atoms with Crippen molar-refractivity contribution < 1.29 is 0 Å². The number of nitrogens with zero attached hydrogens (tertiary/aromatic N) is 2. The maximum atomic E-state index is 4.56. The zero-order chi connectivity index (χ0) is 13.4. The molecule has 2 aliphatic heterocycles. The molecular weight excluding hydrogens is 246 g/mol. The van der Waals surface area contributed by atoms with Crippen molar-refractivity contribution in [2.24, 2.45) is 0 Å². The Bertz CT molecular complexity index is 715. The first kappa shape index (κ1) is 11.7. The van der Waals surface area contributed by atoms with Gasteiger partial charge in [0, 0.05) is 24.7 Å². The molecule has 2 aliphatic rings. The van der Waals surface area contributed by atoms with Crippen LogP contribution in [0.2, 0.25) is 0 Å². The molecule has 0 aliphatic carbocycles. The van der Waals surface area contributed by atoms with Crippen molar-refractivity contribution >= 4 is 16.6 Å². The van der Waals surface area contributed by atoms with Crippen LogP contribution in [0.4, 0.5) is 5.69 Å². The van der Waals surface area contributed by atoms with E-state index in [-0.39, 0.29) is 0 Å². The Morgan fingerprint density at radius 1 is 1.15 bits per heavy atom.